The number of ether oxygens (including phenoxy) is 2. The van der Waals surface area contributed by atoms with Gasteiger partial charge in [-0.3, -0.25) is 9.59 Å². The summed E-state index contributed by atoms with van der Waals surface area (Å²) in [5.74, 6) is -0.0884. The molecule has 1 heterocycles. The van der Waals surface area contributed by atoms with Crippen molar-refractivity contribution in [3.8, 4) is 5.75 Å². The first-order valence-electron chi connectivity index (χ1n) is 9.51. The lowest BCUT2D eigenvalue weighted by Crippen LogP contribution is -2.23. The van der Waals surface area contributed by atoms with Crippen LogP contribution in [0.1, 0.15) is 35.3 Å². The average Bonchev–Trinajstić information content (AvgIpc) is 3.00. The van der Waals surface area contributed by atoms with E-state index in [0.29, 0.717) is 22.7 Å². The summed E-state index contributed by atoms with van der Waals surface area (Å²) in [7, 11) is 0. The molecule has 0 bridgehead atoms. The van der Waals surface area contributed by atoms with Gasteiger partial charge in [0.2, 0.25) is 0 Å². The van der Waals surface area contributed by atoms with Crippen molar-refractivity contribution in [1.29, 1.82) is 0 Å². The van der Waals surface area contributed by atoms with E-state index >= 15 is 0 Å². The van der Waals surface area contributed by atoms with E-state index in [1.807, 2.05) is 51.1 Å². The van der Waals surface area contributed by atoms with Crippen LogP contribution in [-0.2, 0) is 16.1 Å². The summed E-state index contributed by atoms with van der Waals surface area (Å²) in [5.41, 5.74) is 3.23. The summed E-state index contributed by atoms with van der Waals surface area (Å²) in [4.78, 5) is 29.9. The summed E-state index contributed by atoms with van der Waals surface area (Å²) in [5, 5.41) is 0. The van der Waals surface area contributed by atoms with Crippen LogP contribution in [0.5, 0.6) is 5.75 Å². The molecule has 0 N–H and O–H groups in total. The van der Waals surface area contributed by atoms with Gasteiger partial charge in [0.1, 0.15) is 17.8 Å². The Hall–Kier alpha value is -2.93. The summed E-state index contributed by atoms with van der Waals surface area (Å²) < 4.78 is 13.4. The van der Waals surface area contributed by atoms with E-state index in [1.165, 1.54) is 11.3 Å². The number of carbonyl (C=O) groups excluding carboxylic acids is 2. The molecule has 0 radical (unpaired) electrons. The van der Waals surface area contributed by atoms with Gasteiger partial charge in [0.05, 0.1) is 17.9 Å². The molecular weight excluding hydrogens is 388 g/mol. The summed E-state index contributed by atoms with van der Waals surface area (Å²) in [6, 6.07) is 11.3. The van der Waals surface area contributed by atoms with Gasteiger partial charge in [0.25, 0.3) is 5.91 Å². The van der Waals surface area contributed by atoms with Crippen LogP contribution in [0.25, 0.3) is 10.2 Å². The third-order valence-corrected chi connectivity index (χ3v) is 5.41. The number of fused-ring (bicyclic) bond motifs is 1. The molecule has 7 heteroatoms. The Labute approximate surface area is 173 Å². The molecule has 0 unspecified atom stereocenters. The van der Waals surface area contributed by atoms with Crippen LogP contribution >= 0.6 is 11.3 Å². The molecule has 0 saturated heterocycles. The Morgan fingerprint density at radius 2 is 1.90 bits per heavy atom. The van der Waals surface area contributed by atoms with Gasteiger partial charge >= 0.3 is 5.97 Å². The van der Waals surface area contributed by atoms with Gasteiger partial charge in [-0.1, -0.05) is 35.1 Å². The second-order valence-electron chi connectivity index (χ2n) is 6.55. The number of benzene rings is 2. The van der Waals surface area contributed by atoms with Crippen LogP contribution in [0.4, 0.5) is 0 Å². The van der Waals surface area contributed by atoms with Crippen LogP contribution in [0, 0.1) is 13.8 Å². The van der Waals surface area contributed by atoms with E-state index in [1.54, 1.807) is 17.6 Å². The van der Waals surface area contributed by atoms with Crippen molar-refractivity contribution < 1.29 is 19.1 Å². The number of aromatic nitrogens is 1. The van der Waals surface area contributed by atoms with Gasteiger partial charge in [0, 0.05) is 5.56 Å². The lowest BCUT2D eigenvalue weighted by Gasteiger charge is -2.09. The molecule has 6 nitrogen and oxygen atoms in total. The number of carbonyl (C=O) groups is 2. The quantitative estimate of drug-likeness (QED) is 0.574. The predicted octanol–water partition coefficient (Wildman–Crippen LogP) is 4.02. The first-order valence-corrected chi connectivity index (χ1v) is 10.3. The SMILES string of the molecule is CCOC(=O)Cn1c(=NC(=O)c2ccc(C)cc2C)sc2cccc(OCC)c21. The van der Waals surface area contributed by atoms with E-state index in [0.717, 1.165) is 21.3 Å². The smallest absolute Gasteiger partial charge is 0.326 e. The van der Waals surface area contributed by atoms with Gasteiger partial charge in [-0.2, -0.15) is 4.99 Å². The Morgan fingerprint density at radius 1 is 1.10 bits per heavy atom. The van der Waals surface area contributed by atoms with Crippen molar-refractivity contribution in [2.45, 2.75) is 34.2 Å². The molecule has 0 spiro atoms. The summed E-state index contributed by atoms with van der Waals surface area (Å²) >= 11 is 1.34. The Kier molecular flexibility index (Phi) is 6.49. The topological polar surface area (TPSA) is 69.9 Å². The van der Waals surface area contributed by atoms with E-state index in [2.05, 4.69) is 4.99 Å². The van der Waals surface area contributed by atoms with Crippen molar-refractivity contribution in [2.24, 2.45) is 4.99 Å². The molecule has 0 fully saturated rings. The highest BCUT2D eigenvalue weighted by Gasteiger charge is 2.16. The molecule has 1 amide bonds. The third-order valence-electron chi connectivity index (χ3n) is 4.37. The van der Waals surface area contributed by atoms with Gasteiger partial charge in [-0.15, -0.1) is 0 Å². The maximum absolute atomic E-state index is 12.9. The zero-order chi connectivity index (χ0) is 21.0. The fourth-order valence-electron chi connectivity index (χ4n) is 3.14. The van der Waals surface area contributed by atoms with E-state index in [9.17, 15) is 9.59 Å². The molecule has 0 atom stereocenters. The van der Waals surface area contributed by atoms with Crippen LogP contribution < -0.4 is 9.54 Å². The molecule has 3 aromatic rings. The monoisotopic (exact) mass is 412 g/mol. The molecule has 29 heavy (non-hydrogen) atoms. The number of para-hydroxylation sites is 1. The minimum atomic E-state index is -0.390. The average molecular weight is 413 g/mol. The fourth-order valence-corrected chi connectivity index (χ4v) is 4.18. The zero-order valence-electron chi connectivity index (χ0n) is 17.0. The standard InChI is InChI=1S/C22H24N2O4S/c1-5-27-17-8-7-9-18-20(17)24(13-19(25)28-6-2)22(29-18)23-21(26)16-11-10-14(3)12-15(16)4/h7-12H,5-6,13H2,1-4H3. The second kappa shape index (κ2) is 9.05. The van der Waals surface area contributed by atoms with Crippen LogP contribution in [0.3, 0.4) is 0 Å². The van der Waals surface area contributed by atoms with Crippen molar-refractivity contribution in [2.75, 3.05) is 13.2 Å². The highest BCUT2D eigenvalue weighted by molar-refractivity contribution is 7.16. The Bertz CT molecular complexity index is 1130. The van der Waals surface area contributed by atoms with E-state index < -0.39 is 0 Å². The van der Waals surface area contributed by atoms with E-state index in [4.69, 9.17) is 9.47 Å². The number of hydrogen-bond acceptors (Lipinski definition) is 5. The van der Waals surface area contributed by atoms with Crippen molar-refractivity contribution in [1.82, 2.24) is 4.57 Å². The molecule has 3 rings (SSSR count). The molecule has 0 aliphatic heterocycles. The summed E-state index contributed by atoms with van der Waals surface area (Å²) in [6.07, 6.45) is 0. The van der Waals surface area contributed by atoms with Gasteiger partial charge in [0.15, 0.2) is 4.80 Å². The highest BCUT2D eigenvalue weighted by Crippen LogP contribution is 2.28. The van der Waals surface area contributed by atoms with Crippen molar-refractivity contribution in [3.05, 3.63) is 57.9 Å². The first-order chi connectivity index (χ1) is 13.9. The minimum Gasteiger partial charge on any atom is -0.492 e. The molecule has 1 aromatic heterocycles. The Balaban J connectivity index is 2.17. The maximum Gasteiger partial charge on any atom is 0.326 e. The summed E-state index contributed by atoms with van der Waals surface area (Å²) in [6.45, 7) is 8.26. The number of amides is 1. The highest BCUT2D eigenvalue weighted by atomic mass is 32.1. The number of nitrogens with zero attached hydrogens (tertiary/aromatic N) is 2. The van der Waals surface area contributed by atoms with Gasteiger partial charge in [-0.25, -0.2) is 0 Å². The second-order valence-corrected chi connectivity index (χ2v) is 7.56. The molecule has 0 aliphatic rings. The predicted molar refractivity (Wildman–Crippen MR) is 113 cm³/mol. The van der Waals surface area contributed by atoms with Gasteiger partial charge < -0.3 is 14.0 Å². The molecule has 152 valence electrons. The van der Waals surface area contributed by atoms with E-state index in [-0.39, 0.29) is 25.0 Å². The van der Waals surface area contributed by atoms with Crippen LogP contribution in [0.15, 0.2) is 41.4 Å². The molecule has 0 saturated carbocycles. The lowest BCUT2D eigenvalue weighted by atomic mass is 10.1. The third kappa shape index (κ3) is 4.56. The molecule has 0 aliphatic carbocycles. The first kappa shape index (κ1) is 20.8. The normalized spacial score (nSPS) is 11.7. The van der Waals surface area contributed by atoms with Crippen LogP contribution in [0.2, 0.25) is 0 Å². The number of esters is 1. The fraction of sp³-hybridized carbons (Fsp3) is 0.318. The number of thiazole rings is 1. The van der Waals surface area contributed by atoms with Crippen LogP contribution in [-0.4, -0.2) is 29.7 Å². The number of hydrogen-bond donors (Lipinski definition) is 0. The minimum absolute atomic E-state index is 0.0447. The number of rotatable bonds is 6. The largest absolute Gasteiger partial charge is 0.492 e. The maximum atomic E-state index is 12.9. The molecular formula is C22H24N2O4S. The Morgan fingerprint density at radius 3 is 2.59 bits per heavy atom. The number of aryl methyl sites for hydroxylation is 2. The van der Waals surface area contributed by atoms with Crippen molar-refractivity contribution in [3.63, 3.8) is 0 Å². The van der Waals surface area contributed by atoms with Crippen molar-refractivity contribution >= 4 is 33.4 Å². The van der Waals surface area contributed by atoms with Gasteiger partial charge in [-0.05, 0) is 51.5 Å². The zero-order valence-corrected chi connectivity index (χ0v) is 17.8. The molecule has 2 aromatic carbocycles. The lowest BCUT2D eigenvalue weighted by molar-refractivity contribution is -0.143.